The van der Waals surface area contributed by atoms with Crippen molar-refractivity contribution in [3.8, 4) is 0 Å². The van der Waals surface area contributed by atoms with Gasteiger partial charge in [-0.05, 0) is 65.3 Å². The lowest BCUT2D eigenvalue weighted by Crippen LogP contribution is -2.47. The fourth-order valence-corrected chi connectivity index (χ4v) is 6.05. The summed E-state index contributed by atoms with van der Waals surface area (Å²) >= 11 is 9.47. The van der Waals surface area contributed by atoms with Crippen molar-refractivity contribution in [2.24, 2.45) is 0 Å². The molecule has 1 heterocycles. The quantitative estimate of drug-likeness (QED) is 0.0797. The smallest absolute Gasteiger partial charge is 0.269 e. The van der Waals surface area contributed by atoms with Gasteiger partial charge in [-0.2, -0.15) is 0 Å². The molecule has 240 valence electrons. The minimum atomic E-state index is -0.527. The summed E-state index contributed by atoms with van der Waals surface area (Å²) in [6, 6.07) is 27.3. The molecule has 0 saturated carbocycles. The Morgan fingerprint density at radius 2 is 1.79 bits per heavy atom. The number of benzene rings is 4. The molecule has 47 heavy (non-hydrogen) atoms. The average molecular weight is 714 g/mol. The Kier molecular flexibility index (Phi) is 11.1. The molecule has 0 aliphatic carbocycles. The van der Waals surface area contributed by atoms with Crippen LogP contribution in [-0.4, -0.2) is 48.9 Å². The number of fused-ring (bicyclic) bond motifs is 1. The molecule has 1 atom stereocenters. The predicted octanol–water partition coefficient (Wildman–Crippen LogP) is 7.12. The molecule has 0 spiro atoms. The second kappa shape index (κ2) is 15.6. The second-order valence-corrected chi connectivity index (χ2v) is 12.4. The van der Waals surface area contributed by atoms with E-state index >= 15 is 0 Å². The first kappa shape index (κ1) is 33.4. The molecule has 1 aromatic heterocycles. The summed E-state index contributed by atoms with van der Waals surface area (Å²) in [5, 5.41) is 20.3. The van der Waals surface area contributed by atoms with E-state index in [4.69, 9.17) is 12.2 Å². The average Bonchev–Trinajstić information content (AvgIpc) is 3.52. The van der Waals surface area contributed by atoms with E-state index in [1.165, 1.54) is 41.4 Å². The van der Waals surface area contributed by atoms with Crippen LogP contribution in [0.5, 0.6) is 0 Å². The zero-order chi connectivity index (χ0) is 33.3. The van der Waals surface area contributed by atoms with Gasteiger partial charge in [0.05, 0.1) is 17.0 Å². The van der Waals surface area contributed by atoms with Crippen LogP contribution in [-0.2, 0) is 17.8 Å². The number of aromatic nitrogens is 2. The number of nitrogens with zero attached hydrogens (tertiary/aromatic N) is 4. The number of amides is 1. The molecule has 5 rings (SSSR count). The van der Waals surface area contributed by atoms with E-state index in [2.05, 4.69) is 67.6 Å². The van der Waals surface area contributed by atoms with Crippen LogP contribution in [0.25, 0.3) is 10.8 Å². The van der Waals surface area contributed by atoms with Gasteiger partial charge in [-0.15, -0.1) is 0 Å². The Hall–Kier alpha value is -4.94. The Morgan fingerprint density at radius 3 is 2.53 bits per heavy atom. The zero-order valence-corrected chi connectivity index (χ0v) is 28.0. The topological polar surface area (TPSA) is 122 Å². The summed E-state index contributed by atoms with van der Waals surface area (Å²) in [4.78, 5) is 43.2. The number of hydrogen-bond donors (Lipinski definition) is 2. The number of rotatable bonds is 12. The third-order valence-corrected chi connectivity index (χ3v) is 8.50. The zero-order valence-electron chi connectivity index (χ0n) is 25.6. The lowest BCUT2D eigenvalue weighted by Gasteiger charge is -2.31. The van der Waals surface area contributed by atoms with E-state index in [-0.39, 0.29) is 29.6 Å². The van der Waals surface area contributed by atoms with Gasteiger partial charge in [0.1, 0.15) is 6.33 Å². The molecule has 0 bridgehead atoms. The van der Waals surface area contributed by atoms with Crippen LogP contribution in [0, 0.1) is 10.1 Å². The maximum Gasteiger partial charge on any atom is 0.269 e. The highest BCUT2D eigenvalue weighted by molar-refractivity contribution is 9.10. The molecule has 0 fully saturated rings. The summed E-state index contributed by atoms with van der Waals surface area (Å²) in [5.41, 5.74) is 2.48. The van der Waals surface area contributed by atoms with Gasteiger partial charge in [-0.25, -0.2) is 4.98 Å². The number of anilines is 1. The first-order valence-corrected chi connectivity index (χ1v) is 16.3. The second-order valence-electron chi connectivity index (χ2n) is 11.1. The lowest BCUT2D eigenvalue weighted by molar-refractivity contribution is -0.384. The van der Waals surface area contributed by atoms with E-state index in [9.17, 15) is 19.7 Å². The molecular weight excluding hydrogens is 680 g/mol. The Bertz CT molecular complexity index is 1910. The predicted molar refractivity (Wildman–Crippen MR) is 190 cm³/mol. The maximum absolute atomic E-state index is 13.4. The molecule has 0 saturated heterocycles. The number of thiocarbonyl (C=S) groups is 1. The number of non-ortho nitro benzene ring substituents is 1. The van der Waals surface area contributed by atoms with Crippen molar-refractivity contribution in [1.29, 1.82) is 0 Å². The largest absolute Gasteiger partial charge is 0.351 e. The summed E-state index contributed by atoms with van der Waals surface area (Å²) in [7, 11) is 0. The molecule has 0 radical (unpaired) electrons. The van der Waals surface area contributed by atoms with E-state index in [1.54, 1.807) is 0 Å². The number of nitrogens with one attached hydrogen (secondary N) is 2. The summed E-state index contributed by atoms with van der Waals surface area (Å²) in [6.45, 7) is 3.03. The van der Waals surface area contributed by atoms with Crippen molar-refractivity contribution in [1.82, 2.24) is 19.8 Å². The number of hydrogen-bond acceptors (Lipinski definition) is 6. The van der Waals surface area contributed by atoms with E-state index < -0.39 is 10.8 Å². The summed E-state index contributed by atoms with van der Waals surface area (Å²) in [5.74, 6) is -0.701. The van der Waals surface area contributed by atoms with Crippen LogP contribution in [0.3, 0.4) is 0 Å². The Balaban J connectivity index is 1.33. The molecule has 0 unspecified atom stereocenters. The Morgan fingerprint density at radius 1 is 1.04 bits per heavy atom. The van der Waals surface area contributed by atoms with Gasteiger partial charge in [0.2, 0.25) is 5.91 Å². The van der Waals surface area contributed by atoms with E-state index in [0.29, 0.717) is 30.3 Å². The van der Waals surface area contributed by atoms with Crippen LogP contribution in [0.15, 0.2) is 108 Å². The number of nitro benzene ring substituents is 1. The fraction of sp³-hybridized carbons (Fsp3) is 0.200. The van der Waals surface area contributed by atoms with Crippen LogP contribution < -0.4 is 10.6 Å². The van der Waals surface area contributed by atoms with Crippen molar-refractivity contribution >= 4 is 67.2 Å². The van der Waals surface area contributed by atoms with Crippen molar-refractivity contribution in [2.45, 2.75) is 38.8 Å². The molecule has 4 aromatic carbocycles. The monoisotopic (exact) mass is 712 g/mol. The summed E-state index contributed by atoms with van der Waals surface area (Å²) in [6.07, 6.45) is 4.27. The number of carbonyl (C=O) groups excluding carboxylic acids is 2. The van der Waals surface area contributed by atoms with Crippen molar-refractivity contribution in [2.75, 3.05) is 11.9 Å². The van der Waals surface area contributed by atoms with Gasteiger partial charge in [0.25, 0.3) is 11.6 Å². The molecule has 10 nitrogen and oxygen atoms in total. The van der Waals surface area contributed by atoms with Crippen LogP contribution in [0.2, 0.25) is 0 Å². The highest BCUT2D eigenvalue weighted by Crippen LogP contribution is 2.22. The minimum absolute atomic E-state index is 0.0804. The maximum atomic E-state index is 13.4. The van der Waals surface area contributed by atoms with Gasteiger partial charge in [-0.3, -0.25) is 24.3 Å². The molecule has 2 N–H and O–H groups in total. The van der Waals surface area contributed by atoms with Crippen LogP contribution >= 0.6 is 28.1 Å². The number of nitro groups is 1. The first-order chi connectivity index (χ1) is 22.7. The molecule has 0 aliphatic rings. The molecule has 1 amide bonds. The highest BCUT2D eigenvalue weighted by atomic mass is 79.9. The third kappa shape index (κ3) is 8.66. The van der Waals surface area contributed by atoms with E-state index in [1.807, 2.05) is 42.5 Å². The van der Waals surface area contributed by atoms with Crippen molar-refractivity contribution in [3.05, 3.63) is 135 Å². The SMILES string of the molecule is CCC[C@@H](CN(Cc1cccc2ccccc12)C(=S)Nc1cccc(Br)c1)NC(=O)Cc1cncn1C(=O)c1ccc([N+](=O)[O-])cc1. The third-order valence-electron chi connectivity index (χ3n) is 7.65. The Labute approximate surface area is 286 Å². The number of carbonyl (C=O) groups is 2. The standard InChI is InChI=1S/C35H33BrN6O4S/c1-2-7-29(38-33(43)19-31-20-37-23-41(31)34(44)25-14-16-30(17-15-25)42(45)46)22-40(35(47)39-28-12-6-11-27(36)18-28)21-26-10-5-9-24-8-3-4-13-32(24)26/h3-6,8-18,20,23,29H,2,7,19,21-22H2,1H3,(H,38,43)(H,39,47)/t29-/m0/s1. The van der Waals surface area contributed by atoms with Gasteiger partial charge in [0.15, 0.2) is 5.11 Å². The van der Waals surface area contributed by atoms with Crippen molar-refractivity contribution in [3.63, 3.8) is 0 Å². The van der Waals surface area contributed by atoms with Gasteiger partial charge < -0.3 is 15.5 Å². The summed E-state index contributed by atoms with van der Waals surface area (Å²) < 4.78 is 2.22. The number of imidazole rings is 1. The normalized spacial score (nSPS) is 11.5. The number of halogens is 1. The van der Waals surface area contributed by atoms with Crippen molar-refractivity contribution < 1.29 is 14.5 Å². The molecule has 0 aliphatic heterocycles. The minimum Gasteiger partial charge on any atom is -0.351 e. The van der Waals surface area contributed by atoms with Crippen LogP contribution in [0.4, 0.5) is 11.4 Å². The molecule has 5 aromatic rings. The van der Waals surface area contributed by atoms with Crippen LogP contribution in [0.1, 0.15) is 41.4 Å². The first-order valence-electron chi connectivity index (χ1n) is 15.1. The molecular formula is C35H33BrN6O4S. The lowest BCUT2D eigenvalue weighted by atomic mass is 10.0. The van der Waals surface area contributed by atoms with E-state index in [0.717, 1.165) is 32.9 Å². The fourth-order valence-electron chi connectivity index (χ4n) is 5.39. The van der Waals surface area contributed by atoms with Gasteiger partial charge >= 0.3 is 0 Å². The molecule has 12 heteroatoms. The highest BCUT2D eigenvalue weighted by Gasteiger charge is 2.22. The van der Waals surface area contributed by atoms with Gasteiger partial charge in [0, 0.05) is 53.2 Å². The van der Waals surface area contributed by atoms with Gasteiger partial charge in [-0.1, -0.05) is 77.8 Å².